The van der Waals surface area contributed by atoms with Crippen molar-refractivity contribution in [2.24, 2.45) is 5.73 Å². The lowest BCUT2D eigenvalue weighted by molar-refractivity contribution is 0.752. The van der Waals surface area contributed by atoms with Crippen molar-refractivity contribution in [3.8, 4) is 0 Å². The van der Waals surface area contributed by atoms with E-state index in [9.17, 15) is 0 Å². The molecule has 0 spiro atoms. The fourth-order valence-electron chi connectivity index (χ4n) is 1.03. The molecule has 1 aromatic rings. The first-order valence-electron chi connectivity index (χ1n) is 4.26. The van der Waals surface area contributed by atoms with Crippen molar-refractivity contribution < 1.29 is 0 Å². The van der Waals surface area contributed by atoms with Gasteiger partial charge in [-0.05, 0) is 26.0 Å². The maximum absolute atomic E-state index is 5.36. The Morgan fingerprint density at radius 2 is 2.50 bits per heavy atom. The van der Waals surface area contributed by atoms with Gasteiger partial charge in [0.2, 0.25) is 0 Å². The standard InChI is InChI=1S/C9H15N3/c1-2-12-8-7-11-9(12)5-3-4-6-10/h3,5,7-8H,2,4,6,10H2,1H3. The Hall–Kier alpha value is -1.09. The average molecular weight is 165 g/mol. The van der Waals surface area contributed by atoms with E-state index in [0.29, 0.717) is 6.54 Å². The topological polar surface area (TPSA) is 43.8 Å². The SMILES string of the molecule is CCn1ccnc1C=CCCN. The number of hydrogen-bond acceptors (Lipinski definition) is 2. The summed E-state index contributed by atoms with van der Waals surface area (Å²) in [7, 11) is 0. The minimum atomic E-state index is 0.698. The highest BCUT2D eigenvalue weighted by molar-refractivity contribution is 5.40. The van der Waals surface area contributed by atoms with Crippen LogP contribution in [-0.4, -0.2) is 16.1 Å². The van der Waals surface area contributed by atoms with Gasteiger partial charge in [-0.2, -0.15) is 0 Å². The van der Waals surface area contributed by atoms with Gasteiger partial charge in [0, 0.05) is 18.9 Å². The van der Waals surface area contributed by atoms with Crippen LogP contribution in [0.2, 0.25) is 0 Å². The molecule has 0 aliphatic carbocycles. The predicted molar refractivity (Wildman–Crippen MR) is 50.6 cm³/mol. The molecule has 0 bridgehead atoms. The largest absolute Gasteiger partial charge is 0.332 e. The molecule has 0 aromatic carbocycles. The molecular formula is C9H15N3. The molecule has 0 aliphatic heterocycles. The summed E-state index contributed by atoms with van der Waals surface area (Å²) in [5.41, 5.74) is 5.36. The maximum atomic E-state index is 5.36. The van der Waals surface area contributed by atoms with Gasteiger partial charge in [-0.1, -0.05) is 6.08 Å². The van der Waals surface area contributed by atoms with E-state index < -0.39 is 0 Å². The van der Waals surface area contributed by atoms with Crippen LogP contribution < -0.4 is 5.73 Å². The van der Waals surface area contributed by atoms with E-state index in [1.165, 1.54) is 0 Å². The van der Waals surface area contributed by atoms with E-state index in [1.54, 1.807) is 0 Å². The number of aryl methyl sites for hydroxylation is 1. The molecule has 1 heterocycles. The second-order valence-corrected chi connectivity index (χ2v) is 2.55. The Labute approximate surface area is 72.9 Å². The zero-order valence-corrected chi connectivity index (χ0v) is 7.40. The van der Waals surface area contributed by atoms with Gasteiger partial charge in [0.05, 0.1) is 0 Å². The quantitative estimate of drug-likeness (QED) is 0.730. The smallest absolute Gasteiger partial charge is 0.132 e. The molecule has 3 heteroatoms. The second kappa shape index (κ2) is 4.72. The molecule has 0 radical (unpaired) electrons. The van der Waals surface area contributed by atoms with E-state index in [0.717, 1.165) is 18.8 Å². The molecule has 66 valence electrons. The van der Waals surface area contributed by atoms with Gasteiger partial charge in [0.15, 0.2) is 0 Å². The van der Waals surface area contributed by atoms with Gasteiger partial charge in [0.1, 0.15) is 5.82 Å². The molecule has 0 atom stereocenters. The second-order valence-electron chi connectivity index (χ2n) is 2.55. The third kappa shape index (κ3) is 2.20. The number of hydrogen-bond donors (Lipinski definition) is 1. The summed E-state index contributed by atoms with van der Waals surface area (Å²) in [6, 6.07) is 0. The number of imidazole rings is 1. The Bertz CT molecular complexity index is 250. The van der Waals surface area contributed by atoms with Gasteiger partial charge in [-0.3, -0.25) is 0 Å². The molecule has 12 heavy (non-hydrogen) atoms. The van der Waals surface area contributed by atoms with Gasteiger partial charge >= 0.3 is 0 Å². The summed E-state index contributed by atoms with van der Waals surface area (Å²) >= 11 is 0. The van der Waals surface area contributed by atoms with Crippen LogP contribution in [0.1, 0.15) is 19.2 Å². The minimum Gasteiger partial charge on any atom is -0.332 e. The van der Waals surface area contributed by atoms with Crippen LogP contribution in [0.3, 0.4) is 0 Å². The van der Waals surface area contributed by atoms with Gasteiger partial charge in [-0.15, -0.1) is 0 Å². The number of rotatable bonds is 4. The molecular weight excluding hydrogens is 150 g/mol. The summed E-state index contributed by atoms with van der Waals surface area (Å²) < 4.78 is 2.09. The summed E-state index contributed by atoms with van der Waals surface area (Å²) in [4.78, 5) is 4.19. The van der Waals surface area contributed by atoms with E-state index in [1.807, 2.05) is 18.5 Å². The Morgan fingerprint density at radius 1 is 1.67 bits per heavy atom. The lowest BCUT2D eigenvalue weighted by atomic mass is 10.3. The van der Waals surface area contributed by atoms with Crippen molar-refractivity contribution in [2.75, 3.05) is 6.54 Å². The monoisotopic (exact) mass is 165 g/mol. The van der Waals surface area contributed by atoms with Crippen LogP contribution in [0, 0.1) is 0 Å². The fourth-order valence-corrected chi connectivity index (χ4v) is 1.03. The summed E-state index contributed by atoms with van der Waals surface area (Å²) in [6.45, 7) is 3.76. The Morgan fingerprint density at radius 3 is 3.17 bits per heavy atom. The van der Waals surface area contributed by atoms with E-state index in [-0.39, 0.29) is 0 Å². The average Bonchev–Trinajstić information content (AvgIpc) is 2.52. The van der Waals surface area contributed by atoms with Crippen molar-refractivity contribution in [1.29, 1.82) is 0 Å². The molecule has 0 amide bonds. The Balaban J connectivity index is 2.61. The zero-order chi connectivity index (χ0) is 8.81. The van der Waals surface area contributed by atoms with Crippen molar-refractivity contribution >= 4 is 6.08 Å². The van der Waals surface area contributed by atoms with Crippen molar-refractivity contribution in [1.82, 2.24) is 9.55 Å². The number of aromatic nitrogens is 2. The van der Waals surface area contributed by atoms with Crippen LogP contribution in [0.15, 0.2) is 18.5 Å². The molecule has 1 aromatic heterocycles. The highest BCUT2D eigenvalue weighted by atomic mass is 15.0. The maximum Gasteiger partial charge on any atom is 0.132 e. The van der Waals surface area contributed by atoms with Crippen LogP contribution in [-0.2, 0) is 6.54 Å². The van der Waals surface area contributed by atoms with Crippen LogP contribution in [0.25, 0.3) is 6.08 Å². The zero-order valence-electron chi connectivity index (χ0n) is 7.40. The third-order valence-electron chi connectivity index (χ3n) is 1.69. The fraction of sp³-hybridized carbons (Fsp3) is 0.444. The lowest BCUT2D eigenvalue weighted by Crippen LogP contribution is -1.97. The highest BCUT2D eigenvalue weighted by Gasteiger charge is 1.93. The normalized spacial score (nSPS) is 11.2. The number of nitrogens with zero attached hydrogens (tertiary/aromatic N) is 2. The van der Waals surface area contributed by atoms with Gasteiger partial charge in [0.25, 0.3) is 0 Å². The summed E-state index contributed by atoms with van der Waals surface area (Å²) in [5, 5.41) is 0. The van der Waals surface area contributed by atoms with E-state index in [2.05, 4.69) is 22.6 Å². The van der Waals surface area contributed by atoms with Crippen LogP contribution in [0.4, 0.5) is 0 Å². The molecule has 1 rings (SSSR count). The van der Waals surface area contributed by atoms with Crippen molar-refractivity contribution in [2.45, 2.75) is 19.9 Å². The summed E-state index contributed by atoms with van der Waals surface area (Å²) in [5.74, 6) is 1.01. The third-order valence-corrected chi connectivity index (χ3v) is 1.69. The first-order chi connectivity index (χ1) is 5.88. The molecule has 2 N–H and O–H groups in total. The predicted octanol–water partition coefficient (Wildman–Crippen LogP) is 1.26. The molecule has 0 aliphatic rings. The number of nitrogens with two attached hydrogens (primary N) is 1. The molecule has 3 nitrogen and oxygen atoms in total. The van der Waals surface area contributed by atoms with E-state index in [4.69, 9.17) is 5.73 Å². The molecule has 0 unspecified atom stereocenters. The first-order valence-corrected chi connectivity index (χ1v) is 4.26. The van der Waals surface area contributed by atoms with E-state index >= 15 is 0 Å². The first kappa shape index (κ1) is 9.00. The highest BCUT2D eigenvalue weighted by Crippen LogP contribution is 2.00. The van der Waals surface area contributed by atoms with Crippen molar-refractivity contribution in [3.63, 3.8) is 0 Å². The minimum absolute atomic E-state index is 0.698. The lowest BCUT2D eigenvalue weighted by Gasteiger charge is -1.97. The van der Waals surface area contributed by atoms with Gasteiger partial charge in [-0.25, -0.2) is 4.98 Å². The van der Waals surface area contributed by atoms with Gasteiger partial charge < -0.3 is 10.3 Å². The molecule has 0 fully saturated rings. The van der Waals surface area contributed by atoms with Crippen LogP contribution in [0.5, 0.6) is 0 Å². The van der Waals surface area contributed by atoms with Crippen LogP contribution >= 0.6 is 0 Å². The summed E-state index contributed by atoms with van der Waals surface area (Å²) in [6.07, 6.45) is 8.76. The van der Waals surface area contributed by atoms with Crippen molar-refractivity contribution in [3.05, 3.63) is 24.3 Å². The molecule has 0 saturated carbocycles. The Kier molecular flexibility index (Phi) is 3.54. The molecule has 0 saturated heterocycles.